The number of rotatable bonds is 9. The minimum atomic E-state index is -0.498. The molecule has 0 aromatic carbocycles. The fourth-order valence-corrected chi connectivity index (χ4v) is 3.43. The van der Waals surface area contributed by atoms with E-state index < -0.39 is 10.9 Å². The minimum absolute atomic E-state index is 0.0647. The average Bonchev–Trinajstić information content (AvgIpc) is 3.18. The summed E-state index contributed by atoms with van der Waals surface area (Å²) in [6.07, 6.45) is 2.66. The molecule has 0 amide bonds. The van der Waals surface area contributed by atoms with Gasteiger partial charge in [0.2, 0.25) is 5.95 Å². The molecule has 0 bridgehead atoms. The van der Waals surface area contributed by atoms with E-state index in [1.54, 1.807) is 13.0 Å². The van der Waals surface area contributed by atoms with E-state index in [1.807, 2.05) is 18.4 Å². The number of hydrogen-bond acceptors (Lipinski definition) is 10. The molecule has 30 heavy (non-hydrogen) atoms. The molecule has 3 heterocycles. The highest BCUT2D eigenvalue weighted by Crippen LogP contribution is 2.29. The van der Waals surface area contributed by atoms with Crippen molar-refractivity contribution in [3.05, 3.63) is 57.2 Å². The SMILES string of the molecule is CCOC(=O)c1cnc(NCCNc2ccc([N+](=O)[O-])cn2)nc1-c1cc(C)cs1. The number of ether oxygens (including phenoxy) is 1. The number of anilines is 2. The summed E-state index contributed by atoms with van der Waals surface area (Å²) < 4.78 is 5.11. The van der Waals surface area contributed by atoms with Gasteiger partial charge in [0.1, 0.15) is 23.3 Å². The molecule has 0 unspecified atom stereocenters. The molecule has 2 N–H and O–H groups in total. The number of carbonyl (C=O) groups excluding carboxylic acids is 1. The zero-order valence-electron chi connectivity index (χ0n) is 16.4. The van der Waals surface area contributed by atoms with E-state index >= 15 is 0 Å². The largest absolute Gasteiger partial charge is 0.462 e. The Labute approximate surface area is 176 Å². The van der Waals surface area contributed by atoms with Gasteiger partial charge in [-0.25, -0.2) is 19.7 Å². The van der Waals surface area contributed by atoms with E-state index in [2.05, 4.69) is 25.6 Å². The number of nitrogens with zero attached hydrogens (tertiary/aromatic N) is 4. The molecule has 0 radical (unpaired) electrons. The van der Waals surface area contributed by atoms with Gasteiger partial charge in [-0.05, 0) is 36.9 Å². The fourth-order valence-electron chi connectivity index (χ4n) is 2.53. The molecule has 0 aliphatic rings. The molecular weight excluding hydrogens is 408 g/mol. The van der Waals surface area contributed by atoms with Gasteiger partial charge in [-0.15, -0.1) is 11.3 Å². The summed E-state index contributed by atoms with van der Waals surface area (Å²) in [6.45, 7) is 4.95. The lowest BCUT2D eigenvalue weighted by Crippen LogP contribution is -2.17. The first-order chi connectivity index (χ1) is 14.5. The Morgan fingerprint density at radius 1 is 1.23 bits per heavy atom. The van der Waals surface area contributed by atoms with Crippen LogP contribution in [-0.2, 0) is 4.74 Å². The number of hydrogen-bond donors (Lipinski definition) is 2. The molecule has 0 fully saturated rings. The highest BCUT2D eigenvalue weighted by molar-refractivity contribution is 7.13. The van der Waals surface area contributed by atoms with Crippen molar-refractivity contribution in [2.24, 2.45) is 0 Å². The lowest BCUT2D eigenvalue weighted by atomic mass is 10.2. The second kappa shape index (κ2) is 9.74. The number of esters is 1. The van der Waals surface area contributed by atoms with Crippen LogP contribution < -0.4 is 10.6 Å². The van der Waals surface area contributed by atoms with E-state index in [1.165, 1.54) is 29.8 Å². The van der Waals surface area contributed by atoms with Gasteiger partial charge in [-0.2, -0.15) is 0 Å². The molecule has 3 rings (SSSR count). The Kier molecular flexibility index (Phi) is 6.86. The molecule has 0 aliphatic heterocycles. The number of thiophene rings is 1. The maximum Gasteiger partial charge on any atom is 0.341 e. The van der Waals surface area contributed by atoms with Gasteiger partial charge in [0.15, 0.2) is 0 Å². The lowest BCUT2D eigenvalue weighted by Gasteiger charge is -2.10. The van der Waals surface area contributed by atoms with Gasteiger partial charge in [0, 0.05) is 25.4 Å². The van der Waals surface area contributed by atoms with Gasteiger partial charge in [-0.1, -0.05) is 0 Å². The predicted octanol–water partition coefficient (Wildman–Crippen LogP) is 3.52. The Bertz CT molecular complexity index is 1040. The van der Waals surface area contributed by atoms with Crippen molar-refractivity contribution in [2.45, 2.75) is 13.8 Å². The van der Waals surface area contributed by atoms with Crippen LogP contribution in [0.25, 0.3) is 10.6 Å². The van der Waals surface area contributed by atoms with Crippen LogP contribution in [0.1, 0.15) is 22.8 Å². The van der Waals surface area contributed by atoms with Crippen molar-refractivity contribution in [2.75, 3.05) is 30.3 Å². The van der Waals surface area contributed by atoms with Crippen molar-refractivity contribution >= 4 is 34.8 Å². The quantitative estimate of drug-likeness (QED) is 0.227. The van der Waals surface area contributed by atoms with Crippen molar-refractivity contribution in [1.82, 2.24) is 15.0 Å². The normalized spacial score (nSPS) is 10.5. The van der Waals surface area contributed by atoms with E-state index in [4.69, 9.17) is 4.74 Å². The Morgan fingerprint density at radius 3 is 2.67 bits per heavy atom. The second-order valence-corrected chi connectivity index (χ2v) is 7.09. The summed E-state index contributed by atoms with van der Waals surface area (Å²) in [5.74, 6) is 0.439. The van der Waals surface area contributed by atoms with Crippen LogP contribution in [0.5, 0.6) is 0 Å². The van der Waals surface area contributed by atoms with E-state index in [9.17, 15) is 14.9 Å². The minimum Gasteiger partial charge on any atom is -0.462 e. The van der Waals surface area contributed by atoms with Crippen molar-refractivity contribution < 1.29 is 14.5 Å². The predicted molar refractivity (Wildman–Crippen MR) is 114 cm³/mol. The zero-order chi connectivity index (χ0) is 21.5. The topological polar surface area (TPSA) is 132 Å². The number of aryl methyl sites for hydroxylation is 1. The smallest absolute Gasteiger partial charge is 0.341 e. The van der Waals surface area contributed by atoms with Gasteiger partial charge in [0.05, 0.1) is 16.4 Å². The van der Waals surface area contributed by atoms with Gasteiger partial charge < -0.3 is 15.4 Å². The molecule has 10 nitrogen and oxygen atoms in total. The van der Waals surface area contributed by atoms with E-state index in [0.29, 0.717) is 36.1 Å². The number of nitrogens with one attached hydrogen (secondary N) is 2. The van der Waals surface area contributed by atoms with Crippen molar-refractivity contribution in [3.8, 4) is 10.6 Å². The average molecular weight is 428 g/mol. The first-order valence-corrected chi connectivity index (χ1v) is 10.0. The van der Waals surface area contributed by atoms with Crippen molar-refractivity contribution in [3.63, 3.8) is 0 Å². The molecule has 156 valence electrons. The van der Waals surface area contributed by atoms with Gasteiger partial charge in [0.25, 0.3) is 5.69 Å². The Balaban J connectivity index is 1.66. The standard InChI is InChI=1S/C19H20N6O4S/c1-3-29-18(26)14-10-23-19(24-17(14)15-8-12(2)11-30-15)21-7-6-20-16-5-4-13(9-22-16)25(27)28/h4-5,8-11H,3,6-7H2,1-2H3,(H,20,22)(H,21,23,24). The van der Waals surface area contributed by atoms with E-state index in [-0.39, 0.29) is 12.3 Å². The summed E-state index contributed by atoms with van der Waals surface area (Å²) in [7, 11) is 0. The van der Waals surface area contributed by atoms with Crippen LogP contribution in [0, 0.1) is 17.0 Å². The molecule has 0 saturated carbocycles. The molecule has 0 aliphatic carbocycles. The van der Waals surface area contributed by atoms with Crippen molar-refractivity contribution in [1.29, 1.82) is 0 Å². The van der Waals surface area contributed by atoms with Crippen LogP contribution in [0.4, 0.5) is 17.5 Å². The van der Waals surface area contributed by atoms with Crippen LogP contribution in [0.15, 0.2) is 36.0 Å². The summed E-state index contributed by atoms with van der Waals surface area (Å²) in [5, 5.41) is 18.8. The fraction of sp³-hybridized carbons (Fsp3) is 0.263. The van der Waals surface area contributed by atoms with Gasteiger partial charge >= 0.3 is 5.97 Å². The number of aromatic nitrogens is 3. The third kappa shape index (κ3) is 5.26. The highest BCUT2D eigenvalue weighted by atomic mass is 32.1. The summed E-state index contributed by atoms with van der Waals surface area (Å²) in [4.78, 5) is 36.0. The monoisotopic (exact) mass is 428 g/mol. The number of nitro groups is 1. The molecular formula is C19H20N6O4S. The maximum absolute atomic E-state index is 12.3. The van der Waals surface area contributed by atoms with Crippen LogP contribution in [0.3, 0.4) is 0 Å². The second-order valence-electron chi connectivity index (χ2n) is 6.18. The Hall–Kier alpha value is -3.60. The molecule has 3 aromatic heterocycles. The first-order valence-electron chi connectivity index (χ1n) is 9.15. The van der Waals surface area contributed by atoms with Gasteiger partial charge in [-0.3, -0.25) is 10.1 Å². The van der Waals surface area contributed by atoms with Crippen LogP contribution in [-0.4, -0.2) is 45.5 Å². The summed E-state index contributed by atoms with van der Waals surface area (Å²) in [6, 6.07) is 4.89. The first kappa shape index (κ1) is 21.1. The van der Waals surface area contributed by atoms with Crippen LogP contribution in [0.2, 0.25) is 0 Å². The number of pyridine rings is 1. The molecule has 0 spiro atoms. The summed E-state index contributed by atoms with van der Waals surface area (Å²) >= 11 is 1.50. The molecule has 0 saturated heterocycles. The number of carbonyl (C=O) groups is 1. The molecule has 11 heteroatoms. The molecule has 0 atom stereocenters. The van der Waals surface area contributed by atoms with Crippen LogP contribution >= 0.6 is 11.3 Å². The highest BCUT2D eigenvalue weighted by Gasteiger charge is 2.18. The zero-order valence-corrected chi connectivity index (χ0v) is 17.2. The third-order valence-electron chi connectivity index (χ3n) is 3.92. The maximum atomic E-state index is 12.3. The molecule has 3 aromatic rings. The third-order valence-corrected chi connectivity index (χ3v) is 4.98. The van der Waals surface area contributed by atoms with E-state index in [0.717, 1.165) is 10.4 Å². The Morgan fingerprint density at radius 2 is 2.03 bits per heavy atom. The lowest BCUT2D eigenvalue weighted by molar-refractivity contribution is -0.385. The summed E-state index contributed by atoms with van der Waals surface area (Å²) in [5.41, 5.74) is 1.86.